The summed E-state index contributed by atoms with van der Waals surface area (Å²) in [6.45, 7) is 2.85. The molecule has 0 atom stereocenters. The Labute approximate surface area is 167 Å². The summed E-state index contributed by atoms with van der Waals surface area (Å²) >= 11 is 0. The van der Waals surface area contributed by atoms with E-state index in [4.69, 9.17) is 5.11 Å². The molecular weight excluding hydrogens is 502 g/mol. The van der Waals surface area contributed by atoms with Gasteiger partial charge in [0.15, 0.2) is 5.78 Å². The molecule has 0 fully saturated rings. The summed E-state index contributed by atoms with van der Waals surface area (Å²) in [7, 11) is 0. The van der Waals surface area contributed by atoms with Crippen molar-refractivity contribution in [1.29, 1.82) is 0 Å². The number of nitrogens with zero attached hydrogens (tertiary/aromatic N) is 1. The maximum absolute atomic E-state index is 10.0. The second kappa shape index (κ2) is 11.1. The Morgan fingerprint density at radius 3 is 2.23 bits per heavy atom. The van der Waals surface area contributed by atoms with Crippen LogP contribution in [0.2, 0.25) is 0 Å². The van der Waals surface area contributed by atoms with Crippen molar-refractivity contribution in [3.63, 3.8) is 0 Å². The van der Waals surface area contributed by atoms with Crippen molar-refractivity contribution in [1.82, 2.24) is 4.98 Å². The Kier molecular flexibility index (Phi) is 9.21. The first-order valence-electron chi connectivity index (χ1n) is 7.92. The Morgan fingerprint density at radius 2 is 1.69 bits per heavy atom. The number of hydrogen-bond donors (Lipinski definition) is 1. The molecule has 4 heteroatoms. The fourth-order valence-electron chi connectivity index (χ4n) is 2.23. The third-order valence-electron chi connectivity index (χ3n) is 3.26. The summed E-state index contributed by atoms with van der Waals surface area (Å²) in [5, 5.41) is 8.36. The molecule has 26 heavy (non-hydrogen) atoms. The Hall–Kier alpha value is -2.55. The summed E-state index contributed by atoms with van der Waals surface area (Å²) in [4.78, 5) is 14.4. The Bertz CT molecular complexity index is 788. The van der Waals surface area contributed by atoms with Crippen molar-refractivity contribution in [2.24, 2.45) is 0 Å². The quantitative estimate of drug-likeness (QED) is 0.290. The van der Waals surface area contributed by atoms with Crippen LogP contribution in [0.5, 0.6) is 0 Å². The van der Waals surface area contributed by atoms with Gasteiger partial charge in [-0.1, -0.05) is 36.4 Å². The van der Waals surface area contributed by atoms with Gasteiger partial charge >= 0.3 is 0 Å². The molecule has 0 amide bonds. The van der Waals surface area contributed by atoms with E-state index in [0.29, 0.717) is 0 Å². The molecule has 1 radical (unpaired) electrons. The normalized spacial score (nSPS) is 10.2. The van der Waals surface area contributed by atoms with Crippen molar-refractivity contribution in [2.75, 3.05) is 0 Å². The first kappa shape index (κ1) is 21.5. The van der Waals surface area contributed by atoms with Crippen molar-refractivity contribution in [2.45, 2.75) is 13.8 Å². The monoisotopic (exact) mass is 523 g/mol. The molecule has 3 nitrogen and oxygen atoms in total. The molecule has 3 rings (SSSR count). The largest absolute Gasteiger partial charge is 0.512 e. The number of carbonyl (C=O) groups excluding carboxylic acids is 1. The van der Waals surface area contributed by atoms with Gasteiger partial charge in [0.1, 0.15) is 0 Å². The van der Waals surface area contributed by atoms with E-state index in [2.05, 4.69) is 29.2 Å². The molecule has 3 aromatic rings. The topological polar surface area (TPSA) is 50.2 Å². The number of aliphatic hydroxyl groups is 1. The van der Waals surface area contributed by atoms with Crippen LogP contribution >= 0.6 is 0 Å². The van der Waals surface area contributed by atoms with Gasteiger partial charge in [0.05, 0.1) is 5.76 Å². The third kappa shape index (κ3) is 7.14. The molecule has 135 valence electrons. The maximum atomic E-state index is 10.0. The van der Waals surface area contributed by atoms with Crippen LogP contribution in [0.1, 0.15) is 13.8 Å². The molecule has 1 aromatic heterocycles. The van der Waals surface area contributed by atoms with Crippen LogP contribution < -0.4 is 0 Å². The number of hydrogen-bond acceptors (Lipinski definition) is 3. The van der Waals surface area contributed by atoms with Gasteiger partial charge in [0.2, 0.25) is 0 Å². The second-order valence-corrected chi connectivity index (χ2v) is 5.47. The molecule has 0 bridgehead atoms. The SMILES string of the molecule is CC(=O)/C=C(/C)O.[Ir].[c-]1ccccc1-c1cc(-c2ccccc2)ccn1. The summed E-state index contributed by atoms with van der Waals surface area (Å²) in [5.41, 5.74) is 4.36. The smallest absolute Gasteiger partial charge is 0.155 e. The fourth-order valence-corrected chi connectivity index (χ4v) is 2.23. The van der Waals surface area contributed by atoms with Crippen LogP contribution in [0.15, 0.2) is 84.8 Å². The molecule has 1 heterocycles. The first-order chi connectivity index (χ1) is 12.1. The zero-order chi connectivity index (χ0) is 18.1. The number of pyridine rings is 1. The minimum Gasteiger partial charge on any atom is -0.512 e. The van der Waals surface area contributed by atoms with Crippen LogP contribution in [0.4, 0.5) is 0 Å². The van der Waals surface area contributed by atoms with Gasteiger partial charge in [0.25, 0.3) is 0 Å². The first-order valence-corrected chi connectivity index (χ1v) is 7.92. The van der Waals surface area contributed by atoms with E-state index >= 15 is 0 Å². The van der Waals surface area contributed by atoms with Crippen LogP contribution in [-0.4, -0.2) is 15.9 Å². The number of benzene rings is 2. The minimum absolute atomic E-state index is 0. The molecule has 0 saturated heterocycles. The van der Waals surface area contributed by atoms with E-state index in [9.17, 15) is 4.79 Å². The average molecular weight is 523 g/mol. The van der Waals surface area contributed by atoms with E-state index in [1.54, 1.807) is 0 Å². The zero-order valence-corrected chi connectivity index (χ0v) is 17.0. The van der Waals surface area contributed by atoms with Crippen LogP contribution in [0.25, 0.3) is 22.4 Å². The fraction of sp³-hybridized carbons (Fsp3) is 0.0909. The van der Waals surface area contributed by atoms with Crippen LogP contribution in [-0.2, 0) is 24.9 Å². The summed E-state index contributed by atoms with van der Waals surface area (Å²) in [6.07, 6.45) is 3.01. The maximum Gasteiger partial charge on any atom is 0.155 e. The Balaban J connectivity index is 0.000000366. The molecule has 2 aromatic carbocycles. The number of aromatic nitrogens is 1. The molecule has 0 aliphatic rings. The zero-order valence-electron chi connectivity index (χ0n) is 14.6. The minimum atomic E-state index is -0.125. The summed E-state index contributed by atoms with van der Waals surface area (Å²) < 4.78 is 0. The average Bonchev–Trinajstić information content (AvgIpc) is 2.63. The van der Waals surface area contributed by atoms with Crippen LogP contribution in [0.3, 0.4) is 0 Å². The molecular formula is C22H20IrNO2-. The summed E-state index contributed by atoms with van der Waals surface area (Å²) in [5.74, 6) is -0.0625. The van der Waals surface area contributed by atoms with Gasteiger partial charge in [-0.25, -0.2) is 0 Å². The second-order valence-electron chi connectivity index (χ2n) is 5.47. The van der Waals surface area contributed by atoms with Gasteiger partial charge in [-0.05, 0) is 36.7 Å². The molecule has 1 N–H and O–H groups in total. The molecule has 0 aliphatic carbocycles. The number of rotatable bonds is 3. The van der Waals surface area contributed by atoms with Crippen molar-refractivity contribution >= 4 is 5.78 Å². The van der Waals surface area contributed by atoms with E-state index in [1.165, 1.54) is 31.1 Å². The van der Waals surface area contributed by atoms with Crippen molar-refractivity contribution in [3.05, 3.63) is 90.8 Å². The molecule has 0 aliphatic heterocycles. The van der Waals surface area contributed by atoms with Crippen molar-refractivity contribution < 1.29 is 30.0 Å². The molecule has 0 unspecified atom stereocenters. The predicted octanol–water partition coefficient (Wildman–Crippen LogP) is 5.25. The van der Waals surface area contributed by atoms with Gasteiger partial charge in [0, 0.05) is 32.4 Å². The molecule has 0 saturated carbocycles. The van der Waals surface area contributed by atoms with Gasteiger partial charge in [-0.3, -0.25) is 4.79 Å². The van der Waals surface area contributed by atoms with Gasteiger partial charge in [-0.15, -0.1) is 35.9 Å². The van der Waals surface area contributed by atoms with E-state index in [-0.39, 0.29) is 31.6 Å². The van der Waals surface area contributed by atoms with E-state index < -0.39 is 0 Å². The predicted molar refractivity (Wildman–Crippen MR) is 101 cm³/mol. The number of carbonyl (C=O) groups is 1. The standard InChI is InChI=1S/C17H12N.C5H8O2.Ir/c1-3-7-14(8-4-1)16-11-12-18-17(13-16)15-9-5-2-6-10-15;1-4(6)3-5(2)7;/h1-9,11-13H;3,6H,1-2H3;/q-1;;/b;4-3-;. The van der Waals surface area contributed by atoms with E-state index in [0.717, 1.165) is 11.3 Å². The van der Waals surface area contributed by atoms with E-state index in [1.807, 2.05) is 54.7 Å². The van der Waals surface area contributed by atoms with Gasteiger partial charge in [-0.2, -0.15) is 0 Å². The Morgan fingerprint density at radius 1 is 1.00 bits per heavy atom. The molecule has 0 spiro atoms. The number of ketones is 1. The number of aliphatic hydroxyl groups excluding tert-OH is 1. The van der Waals surface area contributed by atoms with Crippen LogP contribution in [0, 0.1) is 6.07 Å². The third-order valence-corrected chi connectivity index (χ3v) is 3.26. The summed E-state index contributed by atoms with van der Waals surface area (Å²) in [6, 6.07) is 25.6. The van der Waals surface area contributed by atoms with Gasteiger partial charge < -0.3 is 10.1 Å². The number of allylic oxidation sites excluding steroid dienone is 2. The van der Waals surface area contributed by atoms with Crippen molar-refractivity contribution in [3.8, 4) is 22.4 Å².